The van der Waals surface area contributed by atoms with E-state index in [9.17, 15) is 20.0 Å². The Labute approximate surface area is 228 Å². The van der Waals surface area contributed by atoms with Gasteiger partial charge in [0.15, 0.2) is 0 Å². The number of nitrogens with one attached hydrogen (secondary N) is 1. The quantitative estimate of drug-likeness (QED) is 0.256. The number of hydrogen-bond acceptors (Lipinski definition) is 6. The predicted octanol–water partition coefficient (Wildman–Crippen LogP) is 1.86. The minimum atomic E-state index is -0.625. The van der Waals surface area contributed by atoms with E-state index in [1.807, 2.05) is 0 Å². The second-order valence-corrected chi connectivity index (χ2v) is 7.58. The SMILES string of the molecule is C/C(=N\NC(=O)c1cccc([N+](=O)[O-])c1)c1csc(-c2ccc(Cl)c(Cl)c2)c1[O-].[K+]. The van der Waals surface area contributed by atoms with Crippen molar-refractivity contribution in [2.75, 3.05) is 0 Å². The minimum Gasteiger partial charge on any atom is -0.871 e. The Balaban J connectivity index is 0.00000320. The molecule has 0 saturated heterocycles. The van der Waals surface area contributed by atoms with Crippen LogP contribution in [0.15, 0.2) is 52.9 Å². The molecule has 2 aromatic carbocycles. The van der Waals surface area contributed by atoms with Gasteiger partial charge in [-0.25, -0.2) is 5.43 Å². The average molecular weight is 488 g/mol. The summed E-state index contributed by atoms with van der Waals surface area (Å²) in [4.78, 5) is 22.9. The summed E-state index contributed by atoms with van der Waals surface area (Å²) < 4.78 is 0. The third-order valence-electron chi connectivity index (χ3n) is 3.96. The van der Waals surface area contributed by atoms with Crippen LogP contribution in [0.1, 0.15) is 22.8 Å². The van der Waals surface area contributed by atoms with Gasteiger partial charge in [0.2, 0.25) is 0 Å². The molecule has 0 aliphatic heterocycles. The van der Waals surface area contributed by atoms with E-state index in [0.717, 1.165) is 6.07 Å². The van der Waals surface area contributed by atoms with E-state index < -0.39 is 10.8 Å². The molecule has 1 N–H and O–H groups in total. The Morgan fingerprint density at radius 1 is 1.17 bits per heavy atom. The first-order valence-corrected chi connectivity index (χ1v) is 9.75. The maximum absolute atomic E-state index is 12.7. The van der Waals surface area contributed by atoms with Gasteiger partial charge in [-0.1, -0.05) is 41.1 Å². The van der Waals surface area contributed by atoms with Crippen LogP contribution in [0.2, 0.25) is 10.0 Å². The molecule has 3 aromatic rings. The van der Waals surface area contributed by atoms with Gasteiger partial charge in [-0.15, -0.1) is 11.3 Å². The number of nitrogens with zero attached hydrogens (tertiary/aromatic N) is 2. The van der Waals surface area contributed by atoms with Gasteiger partial charge in [0.05, 0.1) is 20.7 Å². The van der Waals surface area contributed by atoms with Crippen LogP contribution in [0.5, 0.6) is 5.75 Å². The van der Waals surface area contributed by atoms with Crippen LogP contribution in [0, 0.1) is 10.1 Å². The molecular weight excluding hydrogens is 476 g/mol. The van der Waals surface area contributed by atoms with Crippen molar-refractivity contribution in [3.8, 4) is 16.2 Å². The fourth-order valence-corrected chi connectivity index (χ4v) is 3.74. The minimum absolute atomic E-state index is 0. The van der Waals surface area contributed by atoms with E-state index >= 15 is 0 Å². The second kappa shape index (κ2) is 10.8. The van der Waals surface area contributed by atoms with Gasteiger partial charge in [-0.3, -0.25) is 14.9 Å². The number of nitro groups is 1. The van der Waals surface area contributed by atoms with Gasteiger partial charge in [-0.2, -0.15) is 5.10 Å². The van der Waals surface area contributed by atoms with Crippen molar-refractivity contribution in [1.29, 1.82) is 0 Å². The van der Waals surface area contributed by atoms with E-state index in [1.54, 1.807) is 30.5 Å². The molecule has 30 heavy (non-hydrogen) atoms. The fraction of sp³-hybridized carbons (Fsp3) is 0.0526. The largest absolute Gasteiger partial charge is 1.00 e. The molecule has 148 valence electrons. The number of amides is 1. The summed E-state index contributed by atoms with van der Waals surface area (Å²) in [5.41, 5.74) is 3.45. The molecule has 0 aliphatic carbocycles. The van der Waals surface area contributed by atoms with Crippen LogP contribution in [0.3, 0.4) is 0 Å². The van der Waals surface area contributed by atoms with Crippen LogP contribution in [-0.4, -0.2) is 16.5 Å². The molecule has 0 saturated carbocycles. The molecule has 3 rings (SSSR count). The molecule has 7 nitrogen and oxygen atoms in total. The molecule has 0 bridgehead atoms. The summed E-state index contributed by atoms with van der Waals surface area (Å²) >= 11 is 13.2. The Morgan fingerprint density at radius 3 is 2.57 bits per heavy atom. The summed E-state index contributed by atoms with van der Waals surface area (Å²) in [5, 5.41) is 29.8. The van der Waals surface area contributed by atoms with Crippen LogP contribution in [0.25, 0.3) is 10.4 Å². The van der Waals surface area contributed by atoms with Crippen LogP contribution >= 0.6 is 34.5 Å². The topological polar surface area (TPSA) is 108 Å². The van der Waals surface area contributed by atoms with E-state index in [4.69, 9.17) is 23.2 Å². The molecule has 1 aromatic heterocycles. The average Bonchev–Trinajstić information content (AvgIpc) is 3.09. The Kier molecular flexibility index (Phi) is 9.01. The normalized spacial score (nSPS) is 11.0. The van der Waals surface area contributed by atoms with Crippen molar-refractivity contribution in [3.05, 3.63) is 79.1 Å². The van der Waals surface area contributed by atoms with Gasteiger partial charge >= 0.3 is 51.4 Å². The Hall–Kier alpha value is -1.30. The molecule has 0 radical (unpaired) electrons. The number of hydrogen-bond donors (Lipinski definition) is 1. The number of carbonyl (C=O) groups is 1. The molecule has 0 aliphatic rings. The molecule has 0 spiro atoms. The summed E-state index contributed by atoms with van der Waals surface area (Å²) in [6, 6.07) is 10.2. The fourth-order valence-electron chi connectivity index (χ4n) is 2.45. The molecule has 0 fully saturated rings. The molecule has 1 amide bonds. The summed E-state index contributed by atoms with van der Waals surface area (Å²) in [6.45, 7) is 1.58. The maximum atomic E-state index is 12.7. The van der Waals surface area contributed by atoms with E-state index in [1.165, 1.54) is 29.5 Å². The number of rotatable bonds is 5. The van der Waals surface area contributed by atoms with Gasteiger partial charge in [0.25, 0.3) is 11.6 Å². The molecule has 1 heterocycles. The maximum Gasteiger partial charge on any atom is 1.00 e. The van der Waals surface area contributed by atoms with Crippen molar-refractivity contribution in [2.24, 2.45) is 5.10 Å². The zero-order valence-corrected chi connectivity index (χ0v) is 21.3. The molecule has 11 heteroatoms. The summed E-state index contributed by atoms with van der Waals surface area (Å²) in [6.07, 6.45) is 0. The van der Waals surface area contributed by atoms with Crippen molar-refractivity contribution in [3.63, 3.8) is 0 Å². The van der Waals surface area contributed by atoms with Gasteiger partial charge in [0, 0.05) is 28.1 Å². The van der Waals surface area contributed by atoms with Crippen molar-refractivity contribution in [1.82, 2.24) is 5.43 Å². The van der Waals surface area contributed by atoms with Crippen LogP contribution in [-0.2, 0) is 0 Å². The van der Waals surface area contributed by atoms with E-state index in [0.29, 0.717) is 31.8 Å². The number of hydrazone groups is 1. The van der Waals surface area contributed by atoms with Crippen molar-refractivity contribution >= 4 is 51.8 Å². The molecule has 0 atom stereocenters. The first kappa shape index (κ1) is 25.0. The van der Waals surface area contributed by atoms with E-state index in [2.05, 4.69) is 10.5 Å². The molecule has 0 unspecified atom stereocenters. The standard InChI is InChI=1S/C19H13Cl2N3O4S.K/c1-10(22-23-19(26)12-3-2-4-13(7-12)24(27)28)14-9-29-18(17(14)25)11-5-6-15(20)16(21)8-11;/h2-9,25H,1H3,(H,23,26);/q;+1/p-1/b22-10+;. The van der Waals surface area contributed by atoms with Crippen LogP contribution in [0.4, 0.5) is 5.69 Å². The van der Waals surface area contributed by atoms with Gasteiger partial charge < -0.3 is 5.11 Å². The van der Waals surface area contributed by atoms with Crippen LogP contribution < -0.4 is 61.9 Å². The van der Waals surface area contributed by atoms with Gasteiger partial charge in [-0.05, 0) is 36.1 Å². The first-order chi connectivity index (χ1) is 13.8. The first-order valence-electron chi connectivity index (χ1n) is 8.11. The summed E-state index contributed by atoms with van der Waals surface area (Å²) in [5.74, 6) is -0.875. The van der Waals surface area contributed by atoms with Crippen molar-refractivity contribution in [2.45, 2.75) is 6.92 Å². The Bertz CT molecular complexity index is 1150. The smallest absolute Gasteiger partial charge is 0.871 e. The number of halogens is 2. The number of benzene rings is 2. The zero-order valence-electron chi connectivity index (χ0n) is 15.8. The monoisotopic (exact) mass is 487 g/mol. The third kappa shape index (κ3) is 5.68. The van der Waals surface area contributed by atoms with Gasteiger partial charge in [0.1, 0.15) is 0 Å². The predicted molar refractivity (Wildman–Crippen MR) is 112 cm³/mol. The number of thiophene rings is 1. The number of non-ortho nitro benzene ring substituents is 1. The molecular formula is C19H12Cl2KN3O4S. The second-order valence-electron chi connectivity index (χ2n) is 5.88. The number of carbonyl (C=O) groups excluding carboxylic acids is 1. The van der Waals surface area contributed by atoms with E-state index in [-0.39, 0.29) is 68.4 Å². The Morgan fingerprint density at radius 2 is 1.90 bits per heavy atom. The number of nitro benzene ring substituents is 1. The zero-order chi connectivity index (χ0) is 21.1. The summed E-state index contributed by atoms with van der Waals surface area (Å²) in [7, 11) is 0. The van der Waals surface area contributed by atoms with Crippen molar-refractivity contribution < 1.29 is 66.2 Å². The third-order valence-corrected chi connectivity index (χ3v) is 5.71.